The Labute approximate surface area is 101 Å². The van der Waals surface area contributed by atoms with Crippen LogP contribution >= 0.6 is 11.3 Å². The second kappa shape index (κ2) is 3.97. The van der Waals surface area contributed by atoms with Gasteiger partial charge in [-0.3, -0.25) is 4.79 Å². The number of nitrogens with zero attached hydrogens (tertiary/aromatic N) is 4. The molecule has 0 unspecified atom stereocenters. The SMILES string of the molecule is Nc1nn2c(=O)cc(N3CCNCC3)nc2s1. The number of fused-ring (bicyclic) bond motifs is 1. The maximum Gasteiger partial charge on any atom is 0.277 e. The van der Waals surface area contributed by atoms with Crippen LogP contribution in [0.5, 0.6) is 0 Å². The van der Waals surface area contributed by atoms with Crippen LogP contribution in [-0.4, -0.2) is 40.8 Å². The van der Waals surface area contributed by atoms with Crippen molar-refractivity contribution in [2.24, 2.45) is 0 Å². The number of nitrogens with one attached hydrogen (secondary N) is 1. The number of nitrogens with two attached hydrogens (primary N) is 1. The fourth-order valence-corrected chi connectivity index (χ4v) is 2.54. The van der Waals surface area contributed by atoms with Crippen molar-refractivity contribution in [2.45, 2.75) is 0 Å². The van der Waals surface area contributed by atoms with Crippen molar-refractivity contribution in [3.8, 4) is 0 Å². The highest BCUT2D eigenvalue weighted by molar-refractivity contribution is 7.20. The normalized spacial score (nSPS) is 16.6. The molecule has 0 spiro atoms. The smallest absolute Gasteiger partial charge is 0.277 e. The third-order valence-corrected chi connectivity index (χ3v) is 3.43. The topological polar surface area (TPSA) is 88.5 Å². The first kappa shape index (κ1) is 10.5. The van der Waals surface area contributed by atoms with E-state index >= 15 is 0 Å². The van der Waals surface area contributed by atoms with Crippen molar-refractivity contribution in [3.63, 3.8) is 0 Å². The molecule has 0 bridgehead atoms. The van der Waals surface area contributed by atoms with Crippen LogP contribution in [-0.2, 0) is 0 Å². The Morgan fingerprint density at radius 3 is 2.94 bits per heavy atom. The number of nitrogen functional groups attached to an aromatic ring is 1. The molecular weight excluding hydrogens is 240 g/mol. The summed E-state index contributed by atoms with van der Waals surface area (Å²) in [6, 6.07) is 1.51. The zero-order valence-electron chi connectivity index (χ0n) is 9.09. The van der Waals surface area contributed by atoms with Gasteiger partial charge >= 0.3 is 0 Å². The van der Waals surface area contributed by atoms with Gasteiger partial charge in [0.25, 0.3) is 5.56 Å². The lowest BCUT2D eigenvalue weighted by Gasteiger charge is -2.27. The van der Waals surface area contributed by atoms with E-state index in [-0.39, 0.29) is 5.56 Å². The van der Waals surface area contributed by atoms with Gasteiger partial charge < -0.3 is 16.0 Å². The Kier molecular flexibility index (Phi) is 2.45. The molecule has 3 N–H and O–H groups in total. The lowest BCUT2D eigenvalue weighted by molar-refractivity contribution is 0.584. The quantitative estimate of drug-likeness (QED) is 0.687. The minimum absolute atomic E-state index is 0.184. The standard InChI is InChI=1S/C9H12N6OS/c10-8-13-15-7(16)5-6(12-9(15)17-8)14-3-1-11-2-4-14/h5,11H,1-4H2,(H2,10,13). The predicted octanol–water partition coefficient (Wildman–Crippen LogP) is -0.857. The van der Waals surface area contributed by atoms with E-state index in [2.05, 4.69) is 20.3 Å². The lowest BCUT2D eigenvalue weighted by atomic mass is 10.3. The molecule has 0 aliphatic carbocycles. The molecule has 0 saturated carbocycles. The van der Waals surface area contributed by atoms with Crippen molar-refractivity contribution in [1.82, 2.24) is 19.9 Å². The fraction of sp³-hybridized carbons (Fsp3) is 0.444. The summed E-state index contributed by atoms with van der Waals surface area (Å²) in [4.78, 5) is 18.9. The molecule has 1 aliphatic heterocycles. The van der Waals surface area contributed by atoms with Crippen LogP contribution in [0.25, 0.3) is 4.96 Å². The maximum absolute atomic E-state index is 11.8. The van der Waals surface area contributed by atoms with Gasteiger partial charge in [-0.25, -0.2) is 4.98 Å². The van der Waals surface area contributed by atoms with Gasteiger partial charge in [0.15, 0.2) is 0 Å². The van der Waals surface area contributed by atoms with Crippen LogP contribution in [0.15, 0.2) is 10.9 Å². The van der Waals surface area contributed by atoms with E-state index in [1.54, 1.807) is 0 Å². The van der Waals surface area contributed by atoms with Gasteiger partial charge in [0, 0.05) is 32.2 Å². The van der Waals surface area contributed by atoms with Crippen LogP contribution in [0.2, 0.25) is 0 Å². The van der Waals surface area contributed by atoms with E-state index in [4.69, 9.17) is 5.73 Å². The number of aromatic nitrogens is 3. The predicted molar refractivity (Wildman–Crippen MR) is 66.6 cm³/mol. The fourth-order valence-electron chi connectivity index (χ4n) is 1.87. The molecule has 17 heavy (non-hydrogen) atoms. The Bertz CT molecular complexity index is 599. The molecule has 3 heterocycles. The lowest BCUT2D eigenvalue weighted by Crippen LogP contribution is -2.44. The van der Waals surface area contributed by atoms with E-state index in [1.807, 2.05) is 0 Å². The number of rotatable bonds is 1. The molecule has 0 atom stereocenters. The zero-order valence-corrected chi connectivity index (χ0v) is 9.90. The zero-order chi connectivity index (χ0) is 11.8. The summed E-state index contributed by atoms with van der Waals surface area (Å²) in [5.41, 5.74) is 5.39. The van der Waals surface area contributed by atoms with Gasteiger partial charge in [-0.15, -0.1) is 5.10 Å². The number of hydrogen-bond acceptors (Lipinski definition) is 7. The van der Waals surface area contributed by atoms with Crippen LogP contribution in [0.3, 0.4) is 0 Å². The highest BCUT2D eigenvalue weighted by Gasteiger charge is 2.14. The van der Waals surface area contributed by atoms with E-state index in [0.717, 1.165) is 26.2 Å². The molecular formula is C9H12N6OS. The Hall–Kier alpha value is -1.67. The maximum atomic E-state index is 11.8. The van der Waals surface area contributed by atoms with Crippen LogP contribution < -0.4 is 21.5 Å². The molecule has 2 aromatic heterocycles. The monoisotopic (exact) mass is 252 g/mol. The number of hydrogen-bond donors (Lipinski definition) is 2. The van der Waals surface area contributed by atoms with Crippen LogP contribution in [0.4, 0.5) is 10.9 Å². The summed E-state index contributed by atoms with van der Waals surface area (Å²) in [5, 5.41) is 7.52. The molecule has 0 aromatic carbocycles. The molecule has 1 saturated heterocycles. The second-order valence-corrected chi connectivity index (χ2v) is 4.81. The van der Waals surface area contributed by atoms with E-state index < -0.39 is 0 Å². The molecule has 1 aliphatic rings. The van der Waals surface area contributed by atoms with E-state index in [1.165, 1.54) is 21.9 Å². The number of anilines is 2. The average Bonchev–Trinajstić information content (AvgIpc) is 2.71. The van der Waals surface area contributed by atoms with E-state index in [9.17, 15) is 4.79 Å². The van der Waals surface area contributed by atoms with E-state index in [0.29, 0.717) is 15.9 Å². The van der Waals surface area contributed by atoms with Crippen LogP contribution in [0.1, 0.15) is 0 Å². The third-order valence-electron chi connectivity index (χ3n) is 2.69. The molecule has 90 valence electrons. The van der Waals surface area contributed by atoms with Crippen molar-refractivity contribution < 1.29 is 0 Å². The van der Waals surface area contributed by atoms with Gasteiger partial charge in [0.05, 0.1) is 0 Å². The van der Waals surface area contributed by atoms with Gasteiger partial charge in [-0.2, -0.15) is 4.52 Å². The van der Waals surface area contributed by atoms with Gasteiger partial charge in [0.2, 0.25) is 10.1 Å². The molecule has 7 nitrogen and oxygen atoms in total. The molecule has 1 fully saturated rings. The first-order valence-electron chi connectivity index (χ1n) is 5.36. The van der Waals surface area contributed by atoms with Gasteiger partial charge in [0.1, 0.15) is 5.82 Å². The summed E-state index contributed by atoms with van der Waals surface area (Å²) in [5.74, 6) is 0.708. The average molecular weight is 252 g/mol. The van der Waals surface area contributed by atoms with Crippen molar-refractivity contribution in [2.75, 3.05) is 36.8 Å². The summed E-state index contributed by atoms with van der Waals surface area (Å²) < 4.78 is 1.24. The van der Waals surface area contributed by atoms with Gasteiger partial charge in [-0.1, -0.05) is 11.3 Å². The summed E-state index contributed by atoms with van der Waals surface area (Å²) in [6.07, 6.45) is 0. The van der Waals surface area contributed by atoms with Crippen molar-refractivity contribution in [1.29, 1.82) is 0 Å². The largest absolute Gasteiger partial charge is 0.374 e. The Morgan fingerprint density at radius 1 is 1.41 bits per heavy atom. The van der Waals surface area contributed by atoms with Gasteiger partial charge in [-0.05, 0) is 0 Å². The van der Waals surface area contributed by atoms with Crippen LogP contribution in [0, 0.1) is 0 Å². The highest BCUT2D eigenvalue weighted by Crippen LogP contribution is 2.16. The summed E-state index contributed by atoms with van der Waals surface area (Å²) >= 11 is 1.22. The number of piperazine rings is 1. The molecule has 2 aromatic rings. The molecule has 0 radical (unpaired) electrons. The Balaban J connectivity index is 2.08. The van der Waals surface area contributed by atoms with Crippen molar-refractivity contribution in [3.05, 3.63) is 16.4 Å². The minimum Gasteiger partial charge on any atom is -0.374 e. The minimum atomic E-state index is -0.184. The first-order valence-corrected chi connectivity index (χ1v) is 6.18. The first-order chi connectivity index (χ1) is 8.24. The highest BCUT2D eigenvalue weighted by atomic mass is 32.1. The second-order valence-electron chi connectivity index (χ2n) is 3.82. The Morgan fingerprint density at radius 2 is 2.18 bits per heavy atom. The molecule has 3 rings (SSSR count). The molecule has 8 heteroatoms. The third kappa shape index (κ3) is 1.85. The summed E-state index contributed by atoms with van der Waals surface area (Å²) in [6.45, 7) is 3.53. The summed E-state index contributed by atoms with van der Waals surface area (Å²) in [7, 11) is 0. The van der Waals surface area contributed by atoms with Crippen molar-refractivity contribution >= 4 is 27.2 Å². The molecule has 0 amide bonds.